The molecule has 96 valence electrons. The van der Waals surface area contributed by atoms with Gasteiger partial charge in [-0.3, -0.25) is 0 Å². The summed E-state index contributed by atoms with van der Waals surface area (Å²) in [7, 11) is -1.29. The highest BCUT2D eigenvalue weighted by molar-refractivity contribution is 7.89. The molecule has 0 saturated carbocycles. The lowest BCUT2D eigenvalue weighted by Gasteiger charge is -2.14. The van der Waals surface area contributed by atoms with E-state index < -0.39 is 27.5 Å². The molecule has 1 aromatic carbocycles. The van der Waals surface area contributed by atoms with Crippen LogP contribution in [0, 0.1) is 0 Å². The highest BCUT2D eigenvalue weighted by Gasteiger charge is 2.32. The van der Waals surface area contributed by atoms with Gasteiger partial charge in [0.15, 0.2) is 0 Å². The lowest BCUT2D eigenvalue weighted by molar-refractivity contribution is -0.137. The van der Waals surface area contributed by atoms with Crippen LogP contribution in [0.5, 0.6) is 0 Å². The van der Waals surface area contributed by atoms with E-state index in [2.05, 4.69) is 0 Å². The van der Waals surface area contributed by atoms with Crippen molar-refractivity contribution in [2.75, 3.05) is 19.8 Å². The van der Waals surface area contributed by atoms with Gasteiger partial charge < -0.3 is 5.73 Å². The summed E-state index contributed by atoms with van der Waals surface area (Å²) in [6.45, 7) is 0. The molecule has 0 aliphatic heterocycles. The van der Waals surface area contributed by atoms with Crippen molar-refractivity contribution >= 4 is 15.7 Å². The van der Waals surface area contributed by atoms with Gasteiger partial charge in [-0.05, 0) is 18.2 Å². The molecule has 0 aromatic heterocycles. The lowest BCUT2D eigenvalue weighted by atomic mass is 10.2. The first-order valence-electron chi connectivity index (χ1n) is 4.46. The minimum absolute atomic E-state index is 0.338. The molecule has 0 fully saturated rings. The Bertz CT molecular complexity index is 524. The number of nitrogens with zero attached hydrogens (tertiary/aromatic N) is 1. The largest absolute Gasteiger partial charge is 0.416 e. The second-order valence-corrected chi connectivity index (χ2v) is 5.66. The van der Waals surface area contributed by atoms with Crippen molar-refractivity contribution in [2.24, 2.45) is 0 Å². The zero-order valence-corrected chi connectivity index (χ0v) is 9.93. The molecule has 0 atom stereocenters. The molecule has 0 saturated heterocycles. The number of anilines is 1. The summed E-state index contributed by atoms with van der Waals surface area (Å²) in [6.07, 6.45) is -4.55. The smallest absolute Gasteiger partial charge is 0.398 e. The molecular formula is C9H11F3N2O2S. The third kappa shape index (κ3) is 2.70. The van der Waals surface area contributed by atoms with Crippen LogP contribution >= 0.6 is 0 Å². The van der Waals surface area contributed by atoms with E-state index in [1.807, 2.05) is 0 Å². The van der Waals surface area contributed by atoms with E-state index in [1.54, 1.807) is 0 Å². The number of nitrogen functional groups attached to an aromatic ring is 1. The van der Waals surface area contributed by atoms with E-state index in [4.69, 9.17) is 5.73 Å². The standard InChI is InChI=1S/C9H11F3N2O2S/c1-14(2)17(15,16)8-4-3-6(5-7(8)13)9(10,11)12/h3-5H,13H2,1-2H3. The van der Waals surface area contributed by atoms with Crippen LogP contribution in [-0.4, -0.2) is 26.8 Å². The van der Waals surface area contributed by atoms with E-state index in [-0.39, 0.29) is 4.90 Å². The molecule has 0 bridgehead atoms. The van der Waals surface area contributed by atoms with Gasteiger partial charge in [-0.15, -0.1) is 0 Å². The highest BCUT2D eigenvalue weighted by Crippen LogP contribution is 2.32. The third-order valence-corrected chi connectivity index (χ3v) is 3.98. The Morgan fingerprint density at radius 1 is 1.24 bits per heavy atom. The summed E-state index contributed by atoms with van der Waals surface area (Å²) in [5, 5.41) is 0. The summed E-state index contributed by atoms with van der Waals surface area (Å²) in [6, 6.07) is 2.15. The Balaban J connectivity index is 3.34. The number of benzene rings is 1. The lowest BCUT2D eigenvalue weighted by Crippen LogP contribution is -2.23. The third-order valence-electron chi connectivity index (χ3n) is 2.10. The maximum absolute atomic E-state index is 12.3. The monoisotopic (exact) mass is 268 g/mol. The zero-order valence-electron chi connectivity index (χ0n) is 9.12. The normalized spacial score (nSPS) is 13.1. The van der Waals surface area contributed by atoms with Crippen LogP contribution in [0.1, 0.15) is 5.56 Å². The maximum Gasteiger partial charge on any atom is 0.416 e. The zero-order chi connectivity index (χ0) is 13.4. The number of alkyl halides is 3. The fraction of sp³-hybridized carbons (Fsp3) is 0.333. The minimum atomic E-state index is -4.55. The Morgan fingerprint density at radius 3 is 2.12 bits per heavy atom. The predicted molar refractivity (Wildman–Crippen MR) is 56.7 cm³/mol. The highest BCUT2D eigenvalue weighted by atomic mass is 32.2. The number of halogens is 3. The van der Waals surface area contributed by atoms with Gasteiger partial charge in [-0.2, -0.15) is 13.2 Å². The Morgan fingerprint density at radius 2 is 1.76 bits per heavy atom. The fourth-order valence-corrected chi connectivity index (χ4v) is 2.15. The number of hydrogen-bond acceptors (Lipinski definition) is 3. The number of hydrogen-bond donors (Lipinski definition) is 1. The molecule has 4 nitrogen and oxygen atoms in total. The topological polar surface area (TPSA) is 63.4 Å². The maximum atomic E-state index is 12.3. The molecule has 1 aromatic rings. The van der Waals surface area contributed by atoms with Crippen molar-refractivity contribution in [2.45, 2.75) is 11.1 Å². The SMILES string of the molecule is CN(C)S(=O)(=O)c1ccc(C(F)(F)F)cc1N. The molecule has 0 radical (unpaired) electrons. The first kappa shape index (κ1) is 13.8. The van der Waals surface area contributed by atoms with Crippen LogP contribution in [-0.2, 0) is 16.2 Å². The molecule has 0 aliphatic carbocycles. The summed E-state index contributed by atoms with van der Waals surface area (Å²) in [4.78, 5) is -0.338. The van der Waals surface area contributed by atoms with Crippen molar-refractivity contribution in [3.05, 3.63) is 23.8 Å². The quantitative estimate of drug-likeness (QED) is 0.827. The van der Waals surface area contributed by atoms with Gasteiger partial charge in [0.05, 0.1) is 11.3 Å². The van der Waals surface area contributed by atoms with Crippen LogP contribution in [0.15, 0.2) is 23.1 Å². The molecule has 17 heavy (non-hydrogen) atoms. The summed E-state index contributed by atoms with van der Waals surface area (Å²) in [5.41, 5.74) is 3.93. The molecule has 1 rings (SSSR count). The molecule has 0 heterocycles. The van der Waals surface area contributed by atoms with Crippen molar-refractivity contribution in [3.63, 3.8) is 0 Å². The second-order valence-electron chi connectivity index (χ2n) is 3.54. The van der Waals surface area contributed by atoms with Crippen LogP contribution in [0.3, 0.4) is 0 Å². The van der Waals surface area contributed by atoms with Gasteiger partial charge in [0.1, 0.15) is 4.90 Å². The molecule has 0 aliphatic rings. The molecule has 2 N–H and O–H groups in total. The van der Waals surface area contributed by atoms with Crippen LogP contribution in [0.2, 0.25) is 0 Å². The van der Waals surface area contributed by atoms with Gasteiger partial charge in [0.25, 0.3) is 0 Å². The summed E-state index contributed by atoms with van der Waals surface area (Å²) < 4.78 is 61.3. The van der Waals surface area contributed by atoms with Gasteiger partial charge in [0, 0.05) is 14.1 Å². The molecule has 0 unspecified atom stereocenters. The molecule has 0 spiro atoms. The summed E-state index contributed by atoms with van der Waals surface area (Å²) >= 11 is 0. The van der Waals surface area contributed by atoms with Gasteiger partial charge in [0.2, 0.25) is 10.0 Å². The minimum Gasteiger partial charge on any atom is -0.398 e. The van der Waals surface area contributed by atoms with Crippen molar-refractivity contribution in [1.82, 2.24) is 4.31 Å². The number of nitrogens with two attached hydrogens (primary N) is 1. The Labute approximate surface area is 96.9 Å². The van der Waals surface area contributed by atoms with Crippen molar-refractivity contribution < 1.29 is 21.6 Å². The Kier molecular flexibility index (Phi) is 3.40. The number of rotatable bonds is 2. The van der Waals surface area contributed by atoms with Crippen LogP contribution in [0.25, 0.3) is 0 Å². The van der Waals surface area contributed by atoms with E-state index >= 15 is 0 Å². The van der Waals surface area contributed by atoms with Gasteiger partial charge in [-0.25, -0.2) is 12.7 Å². The van der Waals surface area contributed by atoms with E-state index in [9.17, 15) is 21.6 Å². The van der Waals surface area contributed by atoms with Crippen molar-refractivity contribution in [3.8, 4) is 0 Å². The number of sulfonamides is 1. The van der Waals surface area contributed by atoms with E-state index in [0.29, 0.717) is 12.1 Å². The Hall–Kier alpha value is -1.28. The molecular weight excluding hydrogens is 257 g/mol. The molecule has 0 amide bonds. The first-order chi connectivity index (χ1) is 7.56. The average molecular weight is 268 g/mol. The van der Waals surface area contributed by atoms with Crippen LogP contribution in [0.4, 0.5) is 18.9 Å². The second kappa shape index (κ2) is 4.19. The van der Waals surface area contributed by atoms with Crippen LogP contribution < -0.4 is 5.73 Å². The van der Waals surface area contributed by atoms with Gasteiger partial charge in [-0.1, -0.05) is 0 Å². The average Bonchev–Trinajstić information content (AvgIpc) is 2.15. The predicted octanol–water partition coefficient (Wildman–Crippen LogP) is 1.54. The molecule has 8 heteroatoms. The fourth-order valence-electron chi connectivity index (χ4n) is 1.16. The van der Waals surface area contributed by atoms with E-state index in [1.165, 1.54) is 14.1 Å². The van der Waals surface area contributed by atoms with E-state index in [0.717, 1.165) is 10.4 Å². The summed E-state index contributed by atoms with van der Waals surface area (Å²) in [5.74, 6) is 0. The van der Waals surface area contributed by atoms with Gasteiger partial charge >= 0.3 is 6.18 Å². The first-order valence-corrected chi connectivity index (χ1v) is 5.90. The van der Waals surface area contributed by atoms with Crippen molar-refractivity contribution in [1.29, 1.82) is 0 Å².